The smallest absolute Gasteiger partial charge is 0.259 e. The maximum atomic E-state index is 12.1. The van der Waals surface area contributed by atoms with E-state index in [0.29, 0.717) is 15.7 Å². The van der Waals surface area contributed by atoms with Gasteiger partial charge >= 0.3 is 0 Å². The number of ketones is 1. The third kappa shape index (κ3) is 3.24. The van der Waals surface area contributed by atoms with Crippen molar-refractivity contribution in [3.63, 3.8) is 0 Å². The van der Waals surface area contributed by atoms with Crippen LogP contribution in [0.25, 0.3) is 0 Å². The number of carbonyl (C=O) groups is 2. The number of halogens is 1. The summed E-state index contributed by atoms with van der Waals surface area (Å²) < 4.78 is 0.693. The van der Waals surface area contributed by atoms with Crippen molar-refractivity contribution in [2.75, 3.05) is 5.32 Å². The predicted molar refractivity (Wildman–Crippen MR) is 80.2 cm³/mol. The summed E-state index contributed by atoms with van der Waals surface area (Å²) >= 11 is 3.24. The molecule has 2 rings (SSSR count). The molecule has 4 nitrogen and oxygen atoms in total. The van der Waals surface area contributed by atoms with E-state index in [1.54, 1.807) is 30.3 Å². The highest BCUT2D eigenvalue weighted by atomic mass is 79.9. The zero-order valence-corrected chi connectivity index (χ0v) is 12.3. The van der Waals surface area contributed by atoms with E-state index in [1.807, 2.05) is 0 Å². The van der Waals surface area contributed by atoms with Crippen LogP contribution in [0.5, 0.6) is 5.75 Å². The van der Waals surface area contributed by atoms with Crippen LogP contribution in [0, 0.1) is 0 Å². The molecule has 0 fully saturated rings. The van der Waals surface area contributed by atoms with Crippen molar-refractivity contribution in [3.8, 4) is 5.75 Å². The van der Waals surface area contributed by atoms with Gasteiger partial charge in [0.1, 0.15) is 5.75 Å². The fourth-order valence-corrected chi connectivity index (χ4v) is 2.07. The second-order valence-electron chi connectivity index (χ2n) is 4.25. The monoisotopic (exact) mass is 333 g/mol. The average molecular weight is 334 g/mol. The minimum Gasteiger partial charge on any atom is -0.507 e. The Balaban J connectivity index is 2.25. The molecule has 2 aromatic rings. The van der Waals surface area contributed by atoms with E-state index < -0.39 is 5.91 Å². The normalized spacial score (nSPS) is 10.1. The van der Waals surface area contributed by atoms with Crippen LogP contribution in [0.15, 0.2) is 46.9 Å². The zero-order valence-electron chi connectivity index (χ0n) is 10.7. The molecule has 0 aliphatic rings. The van der Waals surface area contributed by atoms with Crippen LogP contribution in [-0.4, -0.2) is 16.8 Å². The van der Waals surface area contributed by atoms with Crippen LogP contribution in [0.2, 0.25) is 0 Å². The van der Waals surface area contributed by atoms with Gasteiger partial charge in [0.15, 0.2) is 5.78 Å². The Morgan fingerprint density at radius 2 is 1.90 bits per heavy atom. The summed E-state index contributed by atoms with van der Waals surface area (Å²) in [6.07, 6.45) is 0. The first-order valence-corrected chi connectivity index (χ1v) is 6.67. The van der Waals surface area contributed by atoms with Crippen LogP contribution in [0.4, 0.5) is 5.69 Å². The molecule has 0 saturated carbocycles. The van der Waals surface area contributed by atoms with Crippen molar-refractivity contribution in [2.24, 2.45) is 0 Å². The lowest BCUT2D eigenvalue weighted by Gasteiger charge is -2.08. The average Bonchev–Trinajstić information content (AvgIpc) is 2.41. The number of hydrogen-bond donors (Lipinski definition) is 2. The molecule has 0 heterocycles. The topological polar surface area (TPSA) is 66.4 Å². The SMILES string of the molecule is CC(=O)c1cccc(NC(=O)c2cc(Br)ccc2O)c1. The Kier molecular flexibility index (Phi) is 4.20. The molecule has 0 saturated heterocycles. The summed E-state index contributed by atoms with van der Waals surface area (Å²) in [5.74, 6) is -0.621. The summed E-state index contributed by atoms with van der Waals surface area (Å²) in [6.45, 7) is 1.46. The van der Waals surface area contributed by atoms with E-state index in [2.05, 4.69) is 21.2 Å². The second kappa shape index (κ2) is 5.88. The van der Waals surface area contributed by atoms with E-state index in [4.69, 9.17) is 0 Å². The lowest BCUT2D eigenvalue weighted by atomic mass is 10.1. The maximum Gasteiger partial charge on any atom is 0.259 e. The fourth-order valence-electron chi connectivity index (χ4n) is 1.70. The lowest BCUT2D eigenvalue weighted by molar-refractivity contribution is 0.101. The number of nitrogens with one attached hydrogen (secondary N) is 1. The number of benzene rings is 2. The number of Topliss-reactive ketones (excluding diaryl/α,β-unsaturated/α-hetero) is 1. The van der Waals surface area contributed by atoms with E-state index in [1.165, 1.54) is 19.1 Å². The van der Waals surface area contributed by atoms with Gasteiger partial charge in [-0.2, -0.15) is 0 Å². The third-order valence-electron chi connectivity index (χ3n) is 2.73. The number of phenols is 1. The number of anilines is 1. The van der Waals surface area contributed by atoms with E-state index in [9.17, 15) is 14.7 Å². The van der Waals surface area contributed by atoms with Crippen LogP contribution >= 0.6 is 15.9 Å². The van der Waals surface area contributed by atoms with Crippen molar-refractivity contribution in [1.82, 2.24) is 0 Å². The number of carbonyl (C=O) groups excluding carboxylic acids is 2. The fraction of sp³-hybridized carbons (Fsp3) is 0.0667. The maximum absolute atomic E-state index is 12.1. The molecule has 20 heavy (non-hydrogen) atoms. The quantitative estimate of drug-likeness (QED) is 0.843. The number of aromatic hydroxyl groups is 1. The molecule has 5 heteroatoms. The Morgan fingerprint density at radius 1 is 1.15 bits per heavy atom. The molecule has 0 aliphatic heterocycles. The number of hydrogen-bond acceptors (Lipinski definition) is 3. The molecule has 0 bridgehead atoms. The molecule has 2 aromatic carbocycles. The minimum absolute atomic E-state index is 0.0774. The van der Waals surface area contributed by atoms with E-state index >= 15 is 0 Å². The van der Waals surface area contributed by atoms with Gasteiger partial charge in [-0.1, -0.05) is 28.1 Å². The highest BCUT2D eigenvalue weighted by Gasteiger charge is 2.12. The molecule has 0 atom stereocenters. The highest BCUT2D eigenvalue weighted by Crippen LogP contribution is 2.23. The molecule has 0 unspecified atom stereocenters. The van der Waals surface area contributed by atoms with Gasteiger partial charge in [-0.3, -0.25) is 9.59 Å². The summed E-state index contributed by atoms with van der Waals surface area (Å²) in [4.78, 5) is 23.4. The van der Waals surface area contributed by atoms with Gasteiger partial charge in [0, 0.05) is 15.7 Å². The first-order chi connectivity index (χ1) is 9.47. The standard InChI is InChI=1S/C15H12BrNO3/c1-9(18)10-3-2-4-12(7-10)17-15(20)13-8-11(16)5-6-14(13)19/h2-8,19H,1H3,(H,17,20). The van der Waals surface area contributed by atoms with Crippen LogP contribution in [0.1, 0.15) is 27.6 Å². The van der Waals surface area contributed by atoms with Gasteiger partial charge < -0.3 is 10.4 Å². The van der Waals surface area contributed by atoms with Gasteiger partial charge in [0.05, 0.1) is 5.56 Å². The molecule has 0 spiro atoms. The van der Waals surface area contributed by atoms with E-state index in [0.717, 1.165) is 0 Å². The van der Waals surface area contributed by atoms with Gasteiger partial charge in [-0.15, -0.1) is 0 Å². The van der Waals surface area contributed by atoms with Crippen LogP contribution < -0.4 is 5.32 Å². The number of amides is 1. The molecule has 0 radical (unpaired) electrons. The Morgan fingerprint density at radius 3 is 2.60 bits per heavy atom. The van der Waals surface area contributed by atoms with Gasteiger partial charge in [-0.25, -0.2) is 0 Å². The van der Waals surface area contributed by atoms with Gasteiger partial charge in [0.2, 0.25) is 0 Å². The Hall–Kier alpha value is -2.14. The minimum atomic E-state index is -0.440. The van der Waals surface area contributed by atoms with Crippen molar-refractivity contribution in [3.05, 3.63) is 58.1 Å². The van der Waals surface area contributed by atoms with Crippen LogP contribution in [-0.2, 0) is 0 Å². The van der Waals surface area contributed by atoms with Gasteiger partial charge in [-0.05, 0) is 37.3 Å². The predicted octanol–water partition coefficient (Wildman–Crippen LogP) is 3.61. The van der Waals surface area contributed by atoms with Crippen molar-refractivity contribution >= 4 is 33.3 Å². The zero-order chi connectivity index (χ0) is 14.7. The number of phenolic OH excluding ortho intramolecular Hbond substituents is 1. The first-order valence-electron chi connectivity index (χ1n) is 5.88. The molecule has 2 N–H and O–H groups in total. The summed E-state index contributed by atoms with van der Waals surface area (Å²) in [5, 5.41) is 12.3. The molecule has 102 valence electrons. The molecular weight excluding hydrogens is 322 g/mol. The van der Waals surface area contributed by atoms with Crippen molar-refractivity contribution in [1.29, 1.82) is 0 Å². The molecular formula is C15H12BrNO3. The molecule has 1 amide bonds. The van der Waals surface area contributed by atoms with Crippen molar-refractivity contribution in [2.45, 2.75) is 6.92 Å². The summed E-state index contributed by atoms with van der Waals surface area (Å²) in [6, 6.07) is 11.2. The Labute approximate surface area is 124 Å². The number of rotatable bonds is 3. The molecule has 0 aromatic heterocycles. The highest BCUT2D eigenvalue weighted by molar-refractivity contribution is 9.10. The summed E-state index contributed by atoms with van der Waals surface area (Å²) in [7, 11) is 0. The van der Waals surface area contributed by atoms with Crippen LogP contribution in [0.3, 0.4) is 0 Å². The van der Waals surface area contributed by atoms with Gasteiger partial charge in [0.25, 0.3) is 5.91 Å². The second-order valence-corrected chi connectivity index (χ2v) is 5.17. The largest absolute Gasteiger partial charge is 0.507 e. The summed E-state index contributed by atoms with van der Waals surface area (Å²) in [5.41, 5.74) is 1.18. The Bertz CT molecular complexity index is 683. The van der Waals surface area contributed by atoms with E-state index in [-0.39, 0.29) is 17.1 Å². The third-order valence-corrected chi connectivity index (χ3v) is 3.22. The lowest BCUT2D eigenvalue weighted by Crippen LogP contribution is -2.12. The first kappa shape index (κ1) is 14.3. The molecule has 0 aliphatic carbocycles. The van der Waals surface area contributed by atoms with Crippen molar-refractivity contribution < 1.29 is 14.7 Å².